The molecule has 0 saturated heterocycles. The fourth-order valence-electron chi connectivity index (χ4n) is 3.21. The number of ether oxygens (including phenoxy) is 1. The quantitative estimate of drug-likeness (QED) is 0.648. The number of esters is 1. The minimum absolute atomic E-state index is 0.00682. The molecule has 1 saturated carbocycles. The minimum Gasteiger partial charge on any atom is -0.465 e. The predicted octanol–water partition coefficient (Wildman–Crippen LogP) is 2.78. The minimum atomic E-state index is -0.932. The molecular formula is C17H28N2O3. The molecule has 1 heterocycles. The summed E-state index contributed by atoms with van der Waals surface area (Å²) in [6.07, 6.45) is 8.78. The van der Waals surface area contributed by atoms with E-state index in [1.165, 1.54) is 0 Å². The molecule has 5 heteroatoms. The number of hydrogen-bond donors (Lipinski definition) is 1. The number of carbonyl (C=O) groups is 1. The van der Waals surface area contributed by atoms with Crippen LogP contribution in [-0.2, 0) is 22.2 Å². The van der Waals surface area contributed by atoms with E-state index in [4.69, 9.17) is 4.74 Å². The van der Waals surface area contributed by atoms with Crippen LogP contribution in [0, 0.1) is 11.8 Å². The van der Waals surface area contributed by atoms with Crippen molar-refractivity contribution in [3.63, 3.8) is 0 Å². The van der Waals surface area contributed by atoms with Gasteiger partial charge in [-0.15, -0.1) is 0 Å². The van der Waals surface area contributed by atoms with Gasteiger partial charge >= 0.3 is 5.97 Å². The average molecular weight is 308 g/mol. The number of aryl methyl sites for hydroxylation is 1. The second-order valence-corrected chi connectivity index (χ2v) is 6.64. The van der Waals surface area contributed by atoms with E-state index in [-0.39, 0.29) is 17.8 Å². The summed E-state index contributed by atoms with van der Waals surface area (Å²) in [4.78, 5) is 16.3. The van der Waals surface area contributed by atoms with E-state index in [0.717, 1.165) is 38.5 Å². The van der Waals surface area contributed by atoms with Crippen LogP contribution in [0.15, 0.2) is 12.5 Å². The molecule has 0 aliphatic heterocycles. The molecule has 5 nitrogen and oxygen atoms in total. The smallest absolute Gasteiger partial charge is 0.308 e. The molecule has 0 amide bonds. The highest BCUT2D eigenvalue weighted by molar-refractivity contribution is 5.72. The number of hydrogen-bond acceptors (Lipinski definition) is 4. The Morgan fingerprint density at radius 1 is 1.45 bits per heavy atom. The summed E-state index contributed by atoms with van der Waals surface area (Å²) < 4.78 is 7.16. The Morgan fingerprint density at radius 2 is 2.14 bits per heavy atom. The lowest BCUT2D eigenvalue weighted by Gasteiger charge is -2.36. The van der Waals surface area contributed by atoms with Gasteiger partial charge < -0.3 is 14.4 Å². The molecule has 1 aromatic heterocycles. The highest BCUT2D eigenvalue weighted by atomic mass is 16.5. The highest BCUT2D eigenvalue weighted by Crippen LogP contribution is 2.40. The first-order valence-electron chi connectivity index (χ1n) is 8.32. The Morgan fingerprint density at radius 3 is 2.68 bits per heavy atom. The van der Waals surface area contributed by atoms with Gasteiger partial charge in [0.25, 0.3) is 0 Å². The molecule has 0 radical (unpaired) electrons. The molecule has 0 spiro atoms. The lowest BCUT2D eigenvalue weighted by molar-refractivity contribution is -0.151. The van der Waals surface area contributed by atoms with Crippen molar-refractivity contribution in [2.24, 2.45) is 18.9 Å². The molecule has 1 atom stereocenters. The van der Waals surface area contributed by atoms with Gasteiger partial charge in [0.05, 0.1) is 24.5 Å². The van der Waals surface area contributed by atoms with Crippen LogP contribution in [0.5, 0.6) is 0 Å². The number of rotatable bonds is 6. The summed E-state index contributed by atoms with van der Waals surface area (Å²) in [5.74, 6) is 0.0686. The molecule has 1 aromatic rings. The first-order chi connectivity index (χ1) is 10.4. The topological polar surface area (TPSA) is 64.3 Å². The fourth-order valence-corrected chi connectivity index (χ4v) is 3.21. The lowest BCUT2D eigenvalue weighted by atomic mass is 9.73. The largest absolute Gasteiger partial charge is 0.465 e. The van der Waals surface area contributed by atoms with Crippen LogP contribution in [0.3, 0.4) is 0 Å². The maximum absolute atomic E-state index is 12.0. The Bertz CT molecular complexity index is 488. The molecule has 1 aliphatic rings. The van der Waals surface area contributed by atoms with Crippen LogP contribution in [0.2, 0.25) is 0 Å². The van der Waals surface area contributed by atoms with E-state index in [1.54, 1.807) is 6.33 Å². The maximum Gasteiger partial charge on any atom is 0.308 e. The van der Waals surface area contributed by atoms with Gasteiger partial charge in [-0.05, 0) is 44.9 Å². The monoisotopic (exact) mass is 308 g/mol. The van der Waals surface area contributed by atoms with Crippen molar-refractivity contribution < 1.29 is 14.6 Å². The SMILES string of the molecule is CCCCOC(=O)[C@H]1CC[C@H](C(C)(O)c2cn(C)cn2)CC1. The zero-order chi connectivity index (χ0) is 16.2. The van der Waals surface area contributed by atoms with Crippen LogP contribution in [-0.4, -0.2) is 27.2 Å². The number of unbranched alkanes of at least 4 members (excludes halogenated alkanes) is 1. The molecule has 2 rings (SSSR count). The summed E-state index contributed by atoms with van der Waals surface area (Å²) in [6.45, 7) is 4.44. The van der Waals surface area contributed by atoms with Gasteiger partial charge in [0.2, 0.25) is 0 Å². The van der Waals surface area contributed by atoms with Crippen molar-refractivity contribution in [1.29, 1.82) is 0 Å². The zero-order valence-corrected chi connectivity index (χ0v) is 13.9. The molecule has 22 heavy (non-hydrogen) atoms. The van der Waals surface area contributed by atoms with Crippen LogP contribution >= 0.6 is 0 Å². The van der Waals surface area contributed by atoms with Crippen LogP contribution in [0.4, 0.5) is 0 Å². The Balaban J connectivity index is 1.87. The first kappa shape index (κ1) is 17.0. The molecule has 1 aliphatic carbocycles. The van der Waals surface area contributed by atoms with E-state index in [0.29, 0.717) is 12.3 Å². The van der Waals surface area contributed by atoms with Crippen molar-refractivity contribution in [1.82, 2.24) is 9.55 Å². The molecular weight excluding hydrogens is 280 g/mol. The second kappa shape index (κ2) is 7.27. The second-order valence-electron chi connectivity index (χ2n) is 6.64. The lowest BCUT2D eigenvalue weighted by Crippen LogP contribution is -2.36. The Labute approximate surface area is 132 Å². The normalized spacial score (nSPS) is 24.7. The summed E-state index contributed by atoms with van der Waals surface area (Å²) in [6, 6.07) is 0. The standard InChI is InChI=1S/C17H28N2O3/c1-4-5-10-22-16(20)13-6-8-14(9-7-13)17(2,21)15-11-19(3)12-18-15/h11-14,21H,4-10H2,1-3H3/t13-,14-,17?. The summed E-state index contributed by atoms with van der Waals surface area (Å²) in [7, 11) is 1.90. The maximum atomic E-state index is 12.0. The van der Waals surface area contributed by atoms with E-state index >= 15 is 0 Å². The third-order valence-electron chi connectivity index (χ3n) is 4.82. The fraction of sp³-hybridized carbons (Fsp3) is 0.765. The van der Waals surface area contributed by atoms with Crippen molar-refractivity contribution in [3.8, 4) is 0 Å². The van der Waals surface area contributed by atoms with Gasteiger partial charge in [0.1, 0.15) is 5.60 Å². The Kier molecular flexibility index (Phi) is 5.62. The molecule has 1 fully saturated rings. The van der Waals surface area contributed by atoms with E-state index in [2.05, 4.69) is 11.9 Å². The molecule has 1 unspecified atom stereocenters. The van der Waals surface area contributed by atoms with E-state index in [1.807, 2.05) is 24.7 Å². The van der Waals surface area contributed by atoms with Gasteiger partial charge in [-0.25, -0.2) is 4.98 Å². The van der Waals surface area contributed by atoms with Crippen molar-refractivity contribution in [3.05, 3.63) is 18.2 Å². The number of carbonyl (C=O) groups excluding carboxylic acids is 1. The Hall–Kier alpha value is -1.36. The highest BCUT2D eigenvalue weighted by Gasteiger charge is 2.39. The van der Waals surface area contributed by atoms with Crippen molar-refractivity contribution in [2.45, 2.75) is 58.0 Å². The molecule has 0 aromatic carbocycles. The zero-order valence-electron chi connectivity index (χ0n) is 13.9. The summed E-state index contributed by atoms with van der Waals surface area (Å²) in [5, 5.41) is 10.8. The average Bonchev–Trinajstić information content (AvgIpc) is 2.95. The van der Waals surface area contributed by atoms with E-state index < -0.39 is 5.60 Å². The van der Waals surface area contributed by atoms with Crippen LogP contribution in [0.25, 0.3) is 0 Å². The number of imidazole rings is 1. The summed E-state index contributed by atoms with van der Waals surface area (Å²) >= 11 is 0. The number of aliphatic hydroxyl groups is 1. The molecule has 0 bridgehead atoms. The third kappa shape index (κ3) is 3.88. The van der Waals surface area contributed by atoms with Gasteiger partial charge in [0, 0.05) is 13.2 Å². The molecule has 1 N–H and O–H groups in total. The number of nitrogens with zero attached hydrogens (tertiary/aromatic N) is 2. The van der Waals surface area contributed by atoms with Crippen LogP contribution in [0.1, 0.15) is 58.1 Å². The first-order valence-corrected chi connectivity index (χ1v) is 8.32. The van der Waals surface area contributed by atoms with Crippen molar-refractivity contribution in [2.75, 3.05) is 6.61 Å². The van der Waals surface area contributed by atoms with Gasteiger partial charge in [-0.3, -0.25) is 4.79 Å². The van der Waals surface area contributed by atoms with Gasteiger partial charge in [-0.1, -0.05) is 13.3 Å². The van der Waals surface area contributed by atoms with Gasteiger partial charge in [-0.2, -0.15) is 0 Å². The van der Waals surface area contributed by atoms with Crippen LogP contribution < -0.4 is 0 Å². The number of aromatic nitrogens is 2. The predicted molar refractivity (Wildman–Crippen MR) is 84.1 cm³/mol. The van der Waals surface area contributed by atoms with Gasteiger partial charge in [0.15, 0.2) is 0 Å². The third-order valence-corrected chi connectivity index (χ3v) is 4.82. The summed E-state index contributed by atoms with van der Waals surface area (Å²) in [5.41, 5.74) is -0.220. The van der Waals surface area contributed by atoms with Crippen molar-refractivity contribution >= 4 is 5.97 Å². The molecule has 124 valence electrons. The van der Waals surface area contributed by atoms with E-state index in [9.17, 15) is 9.90 Å².